The highest BCUT2D eigenvalue weighted by Crippen LogP contribution is 2.70. The van der Waals surface area contributed by atoms with Crippen molar-refractivity contribution < 1.29 is 24.5 Å². The van der Waals surface area contributed by atoms with E-state index in [1.807, 2.05) is 6.92 Å². The summed E-state index contributed by atoms with van der Waals surface area (Å²) in [5.74, 6) is -1.65. The van der Waals surface area contributed by atoms with Crippen molar-refractivity contribution in [2.45, 2.75) is 69.0 Å². The van der Waals surface area contributed by atoms with Crippen molar-refractivity contribution in [2.24, 2.45) is 11.3 Å². The summed E-state index contributed by atoms with van der Waals surface area (Å²) >= 11 is 0. The van der Waals surface area contributed by atoms with E-state index in [4.69, 9.17) is 9.47 Å². The first-order valence-electron chi connectivity index (χ1n) is 8.24. The molecule has 4 bridgehead atoms. The van der Waals surface area contributed by atoms with E-state index in [-0.39, 0.29) is 24.7 Å². The highest BCUT2D eigenvalue weighted by molar-refractivity contribution is 5.93. The molecule has 5 aliphatic rings. The van der Waals surface area contributed by atoms with Crippen molar-refractivity contribution in [3.05, 3.63) is 11.1 Å². The van der Waals surface area contributed by atoms with Crippen LogP contribution in [0.1, 0.15) is 46.0 Å². The smallest absolute Gasteiger partial charge is 0.211 e. The molecule has 0 radical (unpaired) electrons. The van der Waals surface area contributed by atoms with E-state index < -0.39 is 28.5 Å². The molecule has 2 N–H and O–H groups in total. The van der Waals surface area contributed by atoms with Gasteiger partial charge in [-0.25, -0.2) is 0 Å². The summed E-state index contributed by atoms with van der Waals surface area (Å²) in [5.41, 5.74) is -0.510. The predicted molar refractivity (Wildman–Crippen MR) is 75.8 cm³/mol. The molecule has 2 aliphatic heterocycles. The quantitative estimate of drug-likeness (QED) is 0.655. The average Bonchev–Trinajstić information content (AvgIpc) is 3.06. The van der Waals surface area contributed by atoms with Gasteiger partial charge in [0.25, 0.3) is 0 Å². The maximum Gasteiger partial charge on any atom is 0.211 e. The molecule has 0 aromatic heterocycles. The third-order valence-corrected chi connectivity index (χ3v) is 7.13. The fourth-order valence-electron chi connectivity index (χ4n) is 6.09. The normalized spacial score (nSPS) is 59.0. The number of hydrogen-bond donors (Lipinski definition) is 2. The summed E-state index contributed by atoms with van der Waals surface area (Å²) in [4.78, 5) is 13.1. The summed E-state index contributed by atoms with van der Waals surface area (Å²) in [7, 11) is 0. The second-order valence-corrected chi connectivity index (χ2v) is 8.29. The first kappa shape index (κ1) is 13.7. The molecule has 22 heavy (non-hydrogen) atoms. The van der Waals surface area contributed by atoms with E-state index >= 15 is 0 Å². The van der Waals surface area contributed by atoms with Gasteiger partial charge in [-0.2, -0.15) is 0 Å². The first-order valence-corrected chi connectivity index (χ1v) is 8.24. The minimum atomic E-state index is -1.82. The Hall–Kier alpha value is -0.750. The Balaban J connectivity index is 1.76. The molecule has 2 heterocycles. The van der Waals surface area contributed by atoms with Gasteiger partial charge in [0.05, 0.1) is 17.6 Å². The standard InChI is InChI=1S/C17H22O5/c1-9-3-4-11-10(9)5-15-7-14(11,2)22-17(15,20)16(19)6-12(13(15)18)21-8-16/h11-12,19-20H,3-8H2,1-2H3. The number of carbonyl (C=O) groups is 1. The molecule has 6 atom stereocenters. The van der Waals surface area contributed by atoms with Gasteiger partial charge in [0.2, 0.25) is 5.79 Å². The molecule has 6 unspecified atom stereocenters. The Bertz CT molecular complexity index is 641. The van der Waals surface area contributed by atoms with Crippen molar-refractivity contribution in [1.29, 1.82) is 0 Å². The molecule has 0 aromatic rings. The molecule has 5 heteroatoms. The number of hydrogen-bond acceptors (Lipinski definition) is 5. The SMILES string of the molecule is CC1=C2CC34CC(C)(OC3(O)C3(O)COC(C3)C4=O)C2CC1. The summed E-state index contributed by atoms with van der Waals surface area (Å²) < 4.78 is 11.7. The lowest BCUT2D eigenvalue weighted by Gasteiger charge is -2.49. The third kappa shape index (κ3) is 1.16. The van der Waals surface area contributed by atoms with Gasteiger partial charge < -0.3 is 19.7 Å². The Kier molecular flexibility index (Phi) is 2.18. The van der Waals surface area contributed by atoms with E-state index in [1.54, 1.807) is 0 Å². The monoisotopic (exact) mass is 306 g/mol. The van der Waals surface area contributed by atoms with Crippen LogP contribution >= 0.6 is 0 Å². The number of Topliss-reactive ketones (excluding diaryl/α,β-unsaturated/α-hetero) is 1. The van der Waals surface area contributed by atoms with E-state index in [0.717, 1.165) is 12.8 Å². The first-order chi connectivity index (χ1) is 10.2. The fourth-order valence-corrected chi connectivity index (χ4v) is 6.09. The Labute approximate surface area is 129 Å². The Morgan fingerprint density at radius 2 is 2.09 bits per heavy atom. The van der Waals surface area contributed by atoms with Crippen LogP contribution in [-0.4, -0.2) is 45.7 Å². The summed E-state index contributed by atoms with van der Waals surface area (Å²) in [6.07, 6.45) is 2.58. The number of ether oxygens (including phenoxy) is 2. The second-order valence-electron chi connectivity index (χ2n) is 8.29. The van der Waals surface area contributed by atoms with Gasteiger partial charge in [-0.3, -0.25) is 4.79 Å². The van der Waals surface area contributed by atoms with Gasteiger partial charge >= 0.3 is 0 Å². The fraction of sp³-hybridized carbons (Fsp3) is 0.824. The number of fused-ring (bicyclic) bond motifs is 6. The van der Waals surface area contributed by atoms with Crippen molar-refractivity contribution >= 4 is 5.78 Å². The van der Waals surface area contributed by atoms with E-state index in [2.05, 4.69) is 6.92 Å². The zero-order valence-corrected chi connectivity index (χ0v) is 13.0. The van der Waals surface area contributed by atoms with Crippen LogP contribution in [0.25, 0.3) is 0 Å². The van der Waals surface area contributed by atoms with Crippen LogP contribution in [0.4, 0.5) is 0 Å². The topological polar surface area (TPSA) is 76.0 Å². The lowest BCUT2D eigenvalue weighted by atomic mass is 9.54. The molecule has 4 fully saturated rings. The zero-order valence-electron chi connectivity index (χ0n) is 13.0. The highest BCUT2D eigenvalue weighted by atomic mass is 16.7. The van der Waals surface area contributed by atoms with Crippen LogP contribution in [0, 0.1) is 11.3 Å². The van der Waals surface area contributed by atoms with Crippen molar-refractivity contribution in [3.8, 4) is 0 Å². The number of carbonyl (C=O) groups excluding carboxylic acids is 1. The molecule has 2 saturated carbocycles. The number of allylic oxidation sites excluding steroid dienone is 1. The number of aliphatic hydroxyl groups is 2. The lowest BCUT2D eigenvalue weighted by Crippen LogP contribution is -2.69. The van der Waals surface area contributed by atoms with Crippen LogP contribution in [-0.2, 0) is 14.3 Å². The van der Waals surface area contributed by atoms with Crippen LogP contribution in [0.3, 0.4) is 0 Å². The van der Waals surface area contributed by atoms with Gasteiger partial charge in [-0.15, -0.1) is 0 Å². The summed E-state index contributed by atoms with van der Waals surface area (Å²) in [6.45, 7) is 4.09. The van der Waals surface area contributed by atoms with Gasteiger partial charge in [0, 0.05) is 12.3 Å². The third-order valence-electron chi connectivity index (χ3n) is 7.13. The maximum atomic E-state index is 13.1. The molecular weight excluding hydrogens is 284 g/mol. The van der Waals surface area contributed by atoms with Gasteiger partial charge in [-0.05, 0) is 39.5 Å². The maximum absolute atomic E-state index is 13.1. The molecule has 5 rings (SSSR count). The Morgan fingerprint density at radius 1 is 1.32 bits per heavy atom. The second kappa shape index (κ2) is 3.51. The molecule has 0 amide bonds. The van der Waals surface area contributed by atoms with E-state index in [9.17, 15) is 15.0 Å². The Morgan fingerprint density at radius 3 is 2.86 bits per heavy atom. The molecule has 1 spiro atoms. The minimum absolute atomic E-state index is 0.0273. The zero-order chi connectivity index (χ0) is 15.5. The lowest BCUT2D eigenvalue weighted by molar-refractivity contribution is -0.332. The molecule has 3 aliphatic carbocycles. The largest absolute Gasteiger partial charge is 0.382 e. The minimum Gasteiger partial charge on any atom is -0.382 e. The average molecular weight is 306 g/mol. The van der Waals surface area contributed by atoms with Crippen molar-refractivity contribution in [1.82, 2.24) is 0 Å². The van der Waals surface area contributed by atoms with Gasteiger partial charge in [-0.1, -0.05) is 11.1 Å². The summed E-state index contributed by atoms with van der Waals surface area (Å²) in [6, 6.07) is 0. The van der Waals surface area contributed by atoms with Crippen molar-refractivity contribution in [2.75, 3.05) is 6.61 Å². The van der Waals surface area contributed by atoms with Gasteiger partial charge in [0.1, 0.15) is 11.7 Å². The van der Waals surface area contributed by atoms with Crippen LogP contribution in [0.5, 0.6) is 0 Å². The molecule has 5 nitrogen and oxygen atoms in total. The molecule has 2 saturated heterocycles. The number of rotatable bonds is 0. The van der Waals surface area contributed by atoms with Crippen LogP contribution < -0.4 is 0 Å². The van der Waals surface area contributed by atoms with Crippen LogP contribution in [0.15, 0.2) is 11.1 Å². The molecule has 120 valence electrons. The predicted octanol–water partition coefficient (Wildman–Crippen LogP) is 1.07. The highest BCUT2D eigenvalue weighted by Gasteiger charge is 2.82. The molecule has 0 aromatic carbocycles. The van der Waals surface area contributed by atoms with Crippen molar-refractivity contribution in [3.63, 3.8) is 0 Å². The van der Waals surface area contributed by atoms with E-state index in [0.29, 0.717) is 12.8 Å². The molecular formula is C17H22O5. The van der Waals surface area contributed by atoms with Crippen LogP contribution in [0.2, 0.25) is 0 Å². The van der Waals surface area contributed by atoms with Gasteiger partial charge in [0.15, 0.2) is 5.78 Å². The summed E-state index contributed by atoms with van der Waals surface area (Å²) in [5, 5.41) is 22.4. The number of ketones is 1. The van der Waals surface area contributed by atoms with E-state index in [1.165, 1.54) is 11.1 Å².